The number of esters is 1. The third-order valence-corrected chi connectivity index (χ3v) is 5.61. The van der Waals surface area contributed by atoms with Crippen LogP contribution in [0.2, 0.25) is 0 Å². The number of fused-ring (bicyclic) bond motifs is 3. The molecule has 5 atom stereocenters. The van der Waals surface area contributed by atoms with Crippen molar-refractivity contribution in [3.8, 4) is 0 Å². The second-order valence-electron chi connectivity index (χ2n) is 7.72. The van der Waals surface area contributed by atoms with Gasteiger partial charge in [0.05, 0.1) is 17.6 Å². The van der Waals surface area contributed by atoms with Gasteiger partial charge in [-0.2, -0.15) is 0 Å². The van der Waals surface area contributed by atoms with E-state index in [9.17, 15) is 9.90 Å². The van der Waals surface area contributed by atoms with Gasteiger partial charge in [0, 0.05) is 5.57 Å². The summed E-state index contributed by atoms with van der Waals surface area (Å²) in [6, 6.07) is 0. The summed E-state index contributed by atoms with van der Waals surface area (Å²) in [6.45, 7) is 10.1. The maximum atomic E-state index is 12.0. The first-order valence-electron chi connectivity index (χ1n) is 8.89. The fourth-order valence-electron chi connectivity index (χ4n) is 3.97. The molecule has 0 radical (unpaired) electrons. The summed E-state index contributed by atoms with van der Waals surface area (Å²) in [4.78, 5) is 12.0. The molecule has 2 saturated heterocycles. The predicted molar refractivity (Wildman–Crippen MR) is 92.4 cm³/mol. The minimum absolute atomic E-state index is 0.152. The molecule has 2 fully saturated rings. The van der Waals surface area contributed by atoms with Crippen LogP contribution in [-0.4, -0.2) is 35.0 Å². The van der Waals surface area contributed by atoms with Gasteiger partial charge < -0.3 is 14.6 Å². The fourth-order valence-corrected chi connectivity index (χ4v) is 3.97. The Labute approximate surface area is 144 Å². The molecule has 3 rings (SSSR count). The van der Waals surface area contributed by atoms with E-state index in [2.05, 4.69) is 32.6 Å². The molecule has 0 saturated carbocycles. The topological polar surface area (TPSA) is 59.1 Å². The Morgan fingerprint density at radius 3 is 2.71 bits per heavy atom. The van der Waals surface area contributed by atoms with Crippen molar-refractivity contribution in [2.75, 3.05) is 0 Å². The number of hydrogen-bond donors (Lipinski definition) is 1. The van der Waals surface area contributed by atoms with Gasteiger partial charge in [0.2, 0.25) is 0 Å². The van der Waals surface area contributed by atoms with Crippen molar-refractivity contribution in [3.63, 3.8) is 0 Å². The summed E-state index contributed by atoms with van der Waals surface area (Å²) in [5, 5.41) is 10.7. The van der Waals surface area contributed by atoms with E-state index in [0.717, 1.165) is 31.3 Å². The van der Waals surface area contributed by atoms with E-state index in [1.54, 1.807) is 0 Å². The van der Waals surface area contributed by atoms with Crippen LogP contribution in [-0.2, 0) is 14.3 Å². The molecule has 0 unspecified atom stereocenters. The van der Waals surface area contributed by atoms with E-state index in [-0.39, 0.29) is 17.6 Å². The molecule has 0 spiro atoms. The molecule has 0 aromatic rings. The Morgan fingerprint density at radius 2 is 1.96 bits per heavy atom. The molecule has 4 nitrogen and oxygen atoms in total. The van der Waals surface area contributed by atoms with Crippen LogP contribution in [0.3, 0.4) is 0 Å². The first-order valence-corrected chi connectivity index (χ1v) is 8.89. The number of aliphatic hydroxyl groups is 1. The number of aliphatic hydroxyl groups excluding tert-OH is 1. The standard InChI is InChI=1S/C20H28O4/c1-12-7-5-8-13(2)11-15(21)16-14(3)19(22)23-17(16)18-20(4,24-18)10-6-9-12/h8-9,15-18,21H,3,5-7,10-11H2,1-2,4H3/b12-9+,13-8+/t15-,16+,17-,18+,20+/m0/s1. The first-order chi connectivity index (χ1) is 11.3. The van der Waals surface area contributed by atoms with Gasteiger partial charge in [0.1, 0.15) is 12.2 Å². The van der Waals surface area contributed by atoms with Gasteiger partial charge in [-0.25, -0.2) is 4.79 Å². The second kappa shape index (κ2) is 6.49. The van der Waals surface area contributed by atoms with E-state index in [1.807, 2.05) is 6.92 Å². The van der Waals surface area contributed by atoms with Crippen molar-refractivity contribution in [1.82, 2.24) is 0 Å². The molecular weight excluding hydrogens is 304 g/mol. The molecule has 0 aromatic carbocycles. The van der Waals surface area contributed by atoms with Gasteiger partial charge in [0.25, 0.3) is 0 Å². The number of ether oxygens (including phenoxy) is 2. The zero-order valence-electron chi connectivity index (χ0n) is 14.9. The highest BCUT2D eigenvalue weighted by Gasteiger charge is 2.62. The fraction of sp³-hybridized carbons (Fsp3) is 0.650. The zero-order valence-corrected chi connectivity index (χ0v) is 14.9. The Balaban J connectivity index is 1.85. The third kappa shape index (κ3) is 3.35. The quantitative estimate of drug-likeness (QED) is 0.319. The number of rotatable bonds is 0. The summed E-state index contributed by atoms with van der Waals surface area (Å²) >= 11 is 0. The smallest absolute Gasteiger partial charge is 0.334 e. The minimum atomic E-state index is -0.668. The minimum Gasteiger partial charge on any atom is -0.455 e. The summed E-state index contributed by atoms with van der Waals surface area (Å²) in [7, 11) is 0. The summed E-state index contributed by atoms with van der Waals surface area (Å²) < 4.78 is 11.5. The molecule has 3 aliphatic rings. The van der Waals surface area contributed by atoms with Crippen LogP contribution in [0.25, 0.3) is 0 Å². The average molecular weight is 332 g/mol. The normalized spacial score (nSPS) is 45.0. The lowest BCUT2D eigenvalue weighted by Gasteiger charge is -2.23. The van der Waals surface area contributed by atoms with Crippen LogP contribution in [0.5, 0.6) is 0 Å². The van der Waals surface area contributed by atoms with Gasteiger partial charge in [0.15, 0.2) is 0 Å². The predicted octanol–water partition coefficient (Wildman–Crippen LogP) is 3.46. The number of epoxide rings is 1. The van der Waals surface area contributed by atoms with Crippen LogP contribution in [0, 0.1) is 5.92 Å². The highest BCUT2D eigenvalue weighted by Crippen LogP contribution is 2.49. The molecule has 24 heavy (non-hydrogen) atoms. The monoisotopic (exact) mass is 332 g/mol. The van der Waals surface area contributed by atoms with Gasteiger partial charge >= 0.3 is 5.97 Å². The number of allylic oxidation sites excluding steroid dienone is 3. The van der Waals surface area contributed by atoms with E-state index < -0.39 is 18.2 Å². The van der Waals surface area contributed by atoms with Crippen LogP contribution in [0.4, 0.5) is 0 Å². The van der Waals surface area contributed by atoms with E-state index in [0.29, 0.717) is 12.0 Å². The summed E-state index contributed by atoms with van der Waals surface area (Å²) in [6.07, 6.45) is 7.61. The Kier molecular flexibility index (Phi) is 4.71. The third-order valence-electron chi connectivity index (χ3n) is 5.61. The highest BCUT2D eigenvalue weighted by atomic mass is 16.6. The number of carbonyl (C=O) groups is 1. The molecular formula is C20H28O4. The first kappa shape index (κ1) is 17.4. The molecule has 2 aliphatic heterocycles. The van der Waals surface area contributed by atoms with E-state index >= 15 is 0 Å². The van der Waals surface area contributed by atoms with Crippen molar-refractivity contribution in [1.29, 1.82) is 0 Å². The van der Waals surface area contributed by atoms with Gasteiger partial charge in [-0.1, -0.05) is 29.9 Å². The van der Waals surface area contributed by atoms with Crippen molar-refractivity contribution >= 4 is 5.97 Å². The van der Waals surface area contributed by atoms with Gasteiger partial charge in [-0.05, 0) is 52.9 Å². The van der Waals surface area contributed by atoms with Crippen molar-refractivity contribution < 1.29 is 19.4 Å². The van der Waals surface area contributed by atoms with Crippen LogP contribution < -0.4 is 0 Å². The van der Waals surface area contributed by atoms with Crippen molar-refractivity contribution in [2.24, 2.45) is 5.92 Å². The average Bonchev–Trinajstić information content (AvgIpc) is 3.07. The molecule has 4 heteroatoms. The Hall–Kier alpha value is -1.39. The number of hydrogen-bond acceptors (Lipinski definition) is 4. The van der Waals surface area contributed by atoms with Crippen LogP contribution in [0.1, 0.15) is 52.9 Å². The second-order valence-corrected chi connectivity index (χ2v) is 7.72. The van der Waals surface area contributed by atoms with Crippen molar-refractivity contribution in [3.05, 3.63) is 35.5 Å². The molecule has 0 amide bonds. The lowest BCUT2D eigenvalue weighted by atomic mass is 9.83. The Morgan fingerprint density at radius 1 is 1.25 bits per heavy atom. The lowest BCUT2D eigenvalue weighted by Crippen LogP contribution is -2.35. The molecule has 0 bridgehead atoms. The van der Waals surface area contributed by atoms with E-state index in [1.165, 1.54) is 5.57 Å². The van der Waals surface area contributed by atoms with E-state index in [4.69, 9.17) is 9.47 Å². The molecule has 1 N–H and O–H groups in total. The van der Waals surface area contributed by atoms with Crippen molar-refractivity contribution in [2.45, 2.75) is 76.8 Å². The SMILES string of the molecule is C=C1C(=O)O[C@H]2[C@H]1[C@@H](O)C/C(C)=C/CC/C(C)=C/CC[C@@]1(C)O[C@H]21. The highest BCUT2D eigenvalue weighted by molar-refractivity contribution is 5.91. The van der Waals surface area contributed by atoms with Gasteiger partial charge in [-0.3, -0.25) is 0 Å². The Bertz CT molecular complexity index is 603. The molecule has 1 aliphatic carbocycles. The van der Waals surface area contributed by atoms with Crippen LogP contribution in [0.15, 0.2) is 35.5 Å². The largest absolute Gasteiger partial charge is 0.455 e. The van der Waals surface area contributed by atoms with Crippen LogP contribution >= 0.6 is 0 Å². The lowest BCUT2D eigenvalue weighted by molar-refractivity contribution is -0.140. The summed E-state index contributed by atoms with van der Waals surface area (Å²) in [5.74, 6) is -0.781. The molecule has 2 heterocycles. The van der Waals surface area contributed by atoms with Gasteiger partial charge in [-0.15, -0.1) is 0 Å². The molecule has 132 valence electrons. The summed E-state index contributed by atoms with van der Waals surface area (Å²) in [5.41, 5.74) is 2.62. The number of carbonyl (C=O) groups excluding carboxylic acids is 1. The maximum Gasteiger partial charge on any atom is 0.334 e. The zero-order chi connectivity index (χ0) is 17.5. The maximum absolute atomic E-state index is 12.0. The molecule has 0 aromatic heterocycles.